The molecule has 2 N–H and O–H groups in total. The number of aromatic nitrogens is 2. The van der Waals surface area contributed by atoms with Gasteiger partial charge in [0.15, 0.2) is 0 Å². The fourth-order valence-electron chi connectivity index (χ4n) is 3.55. The van der Waals surface area contributed by atoms with E-state index in [4.69, 9.17) is 4.74 Å². The van der Waals surface area contributed by atoms with E-state index in [1.54, 1.807) is 17.7 Å². The summed E-state index contributed by atoms with van der Waals surface area (Å²) in [5.41, 5.74) is 2.19. The minimum Gasteiger partial charge on any atom is -0.394 e. The summed E-state index contributed by atoms with van der Waals surface area (Å²) in [6.45, 7) is 1.28. The second kappa shape index (κ2) is 8.22. The lowest BCUT2D eigenvalue weighted by Gasteiger charge is -2.27. The first kappa shape index (κ1) is 18.8. The number of anilines is 1. The molecule has 0 unspecified atom stereocenters. The van der Waals surface area contributed by atoms with Crippen molar-refractivity contribution in [3.05, 3.63) is 52.7 Å². The van der Waals surface area contributed by atoms with E-state index in [1.165, 1.54) is 12.7 Å². The van der Waals surface area contributed by atoms with Gasteiger partial charge >= 0.3 is 0 Å². The van der Waals surface area contributed by atoms with E-state index in [9.17, 15) is 9.90 Å². The van der Waals surface area contributed by atoms with Crippen molar-refractivity contribution >= 4 is 33.3 Å². The van der Waals surface area contributed by atoms with Gasteiger partial charge in [0.1, 0.15) is 23.6 Å². The SMILES string of the molecule is COCC(=O)N1CCc2c(sc3ncnc(N[C@H](CO)c4ccccc4)c23)C1. The van der Waals surface area contributed by atoms with Crippen LogP contribution < -0.4 is 5.32 Å². The molecule has 1 aliphatic heterocycles. The molecular formula is C20H22N4O3S. The number of benzene rings is 1. The Morgan fingerprint density at radius 1 is 1.36 bits per heavy atom. The zero-order valence-electron chi connectivity index (χ0n) is 15.6. The number of hydrogen-bond acceptors (Lipinski definition) is 7. The number of fused-ring (bicyclic) bond motifs is 3. The molecule has 146 valence electrons. The molecule has 0 saturated carbocycles. The number of nitrogens with zero attached hydrogens (tertiary/aromatic N) is 3. The van der Waals surface area contributed by atoms with Crippen LogP contribution in [0.3, 0.4) is 0 Å². The molecule has 1 amide bonds. The maximum atomic E-state index is 12.2. The molecule has 0 saturated heterocycles. The quantitative estimate of drug-likeness (QED) is 0.663. The highest BCUT2D eigenvalue weighted by Gasteiger charge is 2.26. The second-order valence-electron chi connectivity index (χ2n) is 6.69. The molecule has 7 nitrogen and oxygen atoms in total. The monoisotopic (exact) mass is 398 g/mol. The number of aliphatic hydroxyl groups excluding tert-OH is 1. The molecular weight excluding hydrogens is 376 g/mol. The van der Waals surface area contributed by atoms with Crippen LogP contribution in [-0.4, -0.2) is 52.7 Å². The predicted octanol–water partition coefficient (Wildman–Crippen LogP) is 2.37. The molecule has 1 aromatic carbocycles. The van der Waals surface area contributed by atoms with Gasteiger partial charge in [-0.1, -0.05) is 30.3 Å². The van der Waals surface area contributed by atoms with E-state index in [1.807, 2.05) is 35.2 Å². The summed E-state index contributed by atoms with van der Waals surface area (Å²) in [6, 6.07) is 9.56. The van der Waals surface area contributed by atoms with Crippen molar-refractivity contribution in [2.24, 2.45) is 0 Å². The van der Waals surface area contributed by atoms with E-state index in [0.717, 1.165) is 32.9 Å². The Labute approximate surface area is 167 Å². The Morgan fingerprint density at radius 2 is 2.18 bits per heavy atom. The zero-order valence-corrected chi connectivity index (χ0v) is 16.4. The number of methoxy groups -OCH3 is 1. The zero-order chi connectivity index (χ0) is 19.5. The van der Waals surface area contributed by atoms with Crippen LogP contribution in [0.25, 0.3) is 10.2 Å². The van der Waals surface area contributed by atoms with Gasteiger partial charge in [0.25, 0.3) is 0 Å². The molecule has 0 aliphatic carbocycles. The highest BCUT2D eigenvalue weighted by molar-refractivity contribution is 7.19. The molecule has 8 heteroatoms. The summed E-state index contributed by atoms with van der Waals surface area (Å²) in [6.07, 6.45) is 2.29. The maximum absolute atomic E-state index is 12.2. The third kappa shape index (κ3) is 3.58. The van der Waals surface area contributed by atoms with Crippen molar-refractivity contribution in [1.29, 1.82) is 0 Å². The molecule has 1 aliphatic rings. The fraction of sp³-hybridized carbons (Fsp3) is 0.350. The number of rotatable bonds is 6. The third-order valence-electron chi connectivity index (χ3n) is 4.95. The minimum atomic E-state index is -0.252. The van der Waals surface area contributed by atoms with E-state index >= 15 is 0 Å². The lowest BCUT2D eigenvalue weighted by Crippen LogP contribution is -2.37. The summed E-state index contributed by atoms with van der Waals surface area (Å²) < 4.78 is 4.98. The summed E-state index contributed by atoms with van der Waals surface area (Å²) in [5, 5.41) is 14.3. The van der Waals surface area contributed by atoms with Crippen LogP contribution in [0.5, 0.6) is 0 Å². The van der Waals surface area contributed by atoms with Crippen LogP contribution >= 0.6 is 11.3 Å². The van der Waals surface area contributed by atoms with Gasteiger partial charge in [0.2, 0.25) is 5.91 Å². The number of aliphatic hydroxyl groups is 1. The molecule has 0 fully saturated rings. The van der Waals surface area contributed by atoms with Crippen molar-refractivity contribution in [1.82, 2.24) is 14.9 Å². The second-order valence-corrected chi connectivity index (χ2v) is 7.78. The Morgan fingerprint density at radius 3 is 2.93 bits per heavy atom. The average molecular weight is 398 g/mol. The highest BCUT2D eigenvalue weighted by Crippen LogP contribution is 2.38. The number of carbonyl (C=O) groups excluding carboxylic acids is 1. The van der Waals surface area contributed by atoms with E-state index in [-0.39, 0.29) is 25.2 Å². The molecule has 0 spiro atoms. The molecule has 1 atom stereocenters. The van der Waals surface area contributed by atoms with Gasteiger partial charge in [-0.05, 0) is 17.5 Å². The summed E-state index contributed by atoms with van der Waals surface area (Å²) >= 11 is 1.60. The van der Waals surface area contributed by atoms with Gasteiger partial charge in [-0.3, -0.25) is 4.79 Å². The van der Waals surface area contributed by atoms with E-state index in [2.05, 4.69) is 15.3 Å². The first-order chi connectivity index (χ1) is 13.7. The van der Waals surface area contributed by atoms with Crippen molar-refractivity contribution in [2.45, 2.75) is 19.0 Å². The molecule has 2 aromatic heterocycles. The van der Waals surface area contributed by atoms with Crippen molar-refractivity contribution < 1.29 is 14.6 Å². The van der Waals surface area contributed by atoms with Gasteiger partial charge in [-0.15, -0.1) is 11.3 Å². The van der Waals surface area contributed by atoms with Gasteiger partial charge in [0.05, 0.1) is 24.6 Å². The molecule has 4 rings (SSSR count). The average Bonchev–Trinajstić information content (AvgIpc) is 3.11. The van der Waals surface area contributed by atoms with Crippen molar-refractivity contribution in [3.63, 3.8) is 0 Å². The summed E-state index contributed by atoms with van der Waals surface area (Å²) in [5.74, 6) is 0.724. The Kier molecular flexibility index (Phi) is 5.52. The van der Waals surface area contributed by atoms with Gasteiger partial charge in [-0.25, -0.2) is 9.97 Å². The summed E-state index contributed by atoms with van der Waals surface area (Å²) in [7, 11) is 1.53. The van der Waals surface area contributed by atoms with E-state index < -0.39 is 0 Å². The normalized spacial score (nSPS) is 14.7. The van der Waals surface area contributed by atoms with Crippen LogP contribution in [0.15, 0.2) is 36.7 Å². The number of carbonyl (C=O) groups is 1. The first-order valence-electron chi connectivity index (χ1n) is 9.15. The van der Waals surface area contributed by atoms with Crippen LogP contribution in [-0.2, 0) is 22.5 Å². The summed E-state index contributed by atoms with van der Waals surface area (Å²) in [4.78, 5) is 24.9. The lowest BCUT2D eigenvalue weighted by atomic mass is 10.0. The maximum Gasteiger partial charge on any atom is 0.248 e. The Balaban J connectivity index is 1.65. The number of hydrogen-bond donors (Lipinski definition) is 2. The van der Waals surface area contributed by atoms with Crippen LogP contribution in [0.1, 0.15) is 22.0 Å². The minimum absolute atomic E-state index is 0.000499. The molecule has 0 radical (unpaired) electrons. The number of ether oxygens (including phenoxy) is 1. The van der Waals surface area contributed by atoms with Crippen molar-refractivity contribution in [3.8, 4) is 0 Å². The van der Waals surface area contributed by atoms with Crippen LogP contribution in [0.2, 0.25) is 0 Å². The topological polar surface area (TPSA) is 87.6 Å². The largest absolute Gasteiger partial charge is 0.394 e. The molecule has 3 aromatic rings. The number of amides is 1. The molecule has 28 heavy (non-hydrogen) atoms. The Bertz CT molecular complexity index is 976. The number of thiophene rings is 1. The Hall–Kier alpha value is -2.55. The van der Waals surface area contributed by atoms with Gasteiger partial charge in [0, 0.05) is 18.5 Å². The number of nitrogens with one attached hydrogen (secondary N) is 1. The van der Waals surface area contributed by atoms with Gasteiger partial charge in [-0.2, -0.15) is 0 Å². The van der Waals surface area contributed by atoms with Crippen molar-refractivity contribution in [2.75, 3.05) is 32.2 Å². The van der Waals surface area contributed by atoms with Crippen LogP contribution in [0, 0.1) is 0 Å². The molecule has 0 bridgehead atoms. The van der Waals surface area contributed by atoms with E-state index in [0.29, 0.717) is 13.1 Å². The van der Waals surface area contributed by atoms with Gasteiger partial charge < -0.3 is 20.1 Å². The first-order valence-corrected chi connectivity index (χ1v) is 9.97. The van der Waals surface area contributed by atoms with Crippen LogP contribution in [0.4, 0.5) is 5.82 Å². The smallest absolute Gasteiger partial charge is 0.248 e. The standard InChI is InChI=1S/C20H22N4O3S/c1-27-11-17(26)24-8-7-14-16(9-24)28-20-18(14)19(21-12-22-20)23-15(10-25)13-5-3-2-4-6-13/h2-6,12,15,25H,7-11H2,1H3,(H,21,22,23)/t15-/m1/s1. The lowest BCUT2D eigenvalue weighted by molar-refractivity contribution is -0.136. The molecule has 3 heterocycles. The predicted molar refractivity (Wildman–Crippen MR) is 108 cm³/mol. The fourth-order valence-corrected chi connectivity index (χ4v) is 4.75. The third-order valence-corrected chi connectivity index (χ3v) is 6.08. The highest BCUT2D eigenvalue weighted by atomic mass is 32.1.